The van der Waals surface area contributed by atoms with Gasteiger partial charge in [0.05, 0.1) is 5.69 Å². The molecular weight excluding hydrogens is 673 g/mol. The Morgan fingerprint density at radius 2 is 1.02 bits per heavy atom. The Labute approximate surface area is 317 Å². The van der Waals surface area contributed by atoms with E-state index in [1.807, 2.05) is 42.5 Å². The second kappa shape index (κ2) is 12.6. The monoisotopic (exact) mass is 704 g/mol. The number of para-hydroxylation sites is 2. The van der Waals surface area contributed by atoms with Gasteiger partial charge in [-0.2, -0.15) is 0 Å². The lowest BCUT2D eigenvalue weighted by Gasteiger charge is -2.27. The summed E-state index contributed by atoms with van der Waals surface area (Å²) in [5.74, 6) is 0.575. The van der Waals surface area contributed by atoms with E-state index in [2.05, 4.69) is 157 Å². The van der Waals surface area contributed by atoms with Gasteiger partial charge < -0.3 is 13.7 Å². The molecule has 0 bridgehead atoms. The molecule has 0 aliphatic rings. The molecule has 0 atom stereocenters. The van der Waals surface area contributed by atoms with E-state index >= 15 is 0 Å². The Hall–Kier alpha value is -7.43. The molecule has 4 heteroatoms. The normalized spacial score (nSPS) is 11.6. The third-order valence-corrected chi connectivity index (χ3v) is 10.7. The second-order valence-corrected chi connectivity index (χ2v) is 13.9. The van der Waals surface area contributed by atoms with Crippen molar-refractivity contribution in [3.8, 4) is 33.7 Å². The minimum Gasteiger partial charge on any atom is -0.456 e. The first kappa shape index (κ1) is 31.1. The van der Waals surface area contributed by atoms with Crippen molar-refractivity contribution in [3.63, 3.8) is 0 Å². The number of aromatic nitrogens is 1. The van der Waals surface area contributed by atoms with E-state index in [9.17, 15) is 0 Å². The molecule has 4 nitrogen and oxygen atoms in total. The second-order valence-electron chi connectivity index (χ2n) is 13.9. The molecule has 0 saturated carbocycles. The van der Waals surface area contributed by atoms with Crippen LogP contribution in [-0.2, 0) is 0 Å². The van der Waals surface area contributed by atoms with E-state index in [4.69, 9.17) is 13.8 Å². The maximum atomic E-state index is 6.64. The fraction of sp³-hybridized carbons (Fsp3) is 0. The van der Waals surface area contributed by atoms with Crippen molar-refractivity contribution >= 4 is 71.6 Å². The maximum Gasteiger partial charge on any atom is 0.228 e. The summed E-state index contributed by atoms with van der Waals surface area (Å²) in [7, 11) is 0. The molecule has 0 amide bonds. The summed E-state index contributed by atoms with van der Waals surface area (Å²) >= 11 is 0. The van der Waals surface area contributed by atoms with Crippen LogP contribution in [0.15, 0.2) is 203 Å². The summed E-state index contributed by atoms with van der Waals surface area (Å²) in [4.78, 5) is 7.33. The molecule has 9 aromatic carbocycles. The van der Waals surface area contributed by atoms with Crippen molar-refractivity contribution in [2.45, 2.75) is 0 Å². The third kappa shape index (κ3) is 5.26. The number of oxazole rings is 1. The molecule has 11 aromatic rings. The number of fused-ring (bicyclic) bond motifs is 6. The smallest absolute Gasteiger partial charge is 0.228 e. The summed E-state index contributed by atoms with van der Waals surface area (Å²) in [5.41, 5.74) is 11.8. The maximum absolute atomic E-state index is 6.64. The molecular formula is C51H32N2O2. The molecule has 11 rings (SSSR count). The summed E-state index contributed by atoms with van der Waals surface area (Å²) in [5, 5.41) is 6.92. The number of furan rings is 1. The molecule has 2 heterocycles. The third-order valence-electron chi connectivity index (χ3n) is 10.7. The number of nitrogens with zero attached hydrogens (tertiary/aromatic N) is 2. The lowest BCUT2D eigenvalue weighted by atomic mass is 10.0. The summed E-state index contributed by atoms with van der Waals surface area (Å²) in [6.07, 6.45) is 0. The molecule has 2 aromatic heterocycles. The van der Waals surface area contributed by atoms with Gasteiger partial charge >= 0.3 is 0 Å². The minimum absolute atomic E-state index is 0.575. The molecule has 0 fully saturated rings. The Morgan fingerprint density at radius 1 is 0.400 bits per heavy atom. The van der Waals surface area contributed by atoms with Crippen LogP contribution in [-0.4, -0.2) is 4.98 Å². The van der Waals surface area contributed by atoms with Crippen molar-refractivity contribution in [2.75, 3.05) is 4.90 Å². The van der Waals surface area contributed by atoms with Gasteiger partial charge in [0, 0.05) is 38.7 Å². The molecule has 0 spiro atoms. The predicted octanol–water partition coefficient (Wildman–Crippen LogP) is 14.5. The minimum atomic E-state index is 0.575. The lowest BCUT2D eigenvalue weighted by molar-refractivity contribution is 0.621. The molecule has 258 valence electrons. The first-order valence-corrected chi connectivity index (χ1v) is 18.5. The Morgan fingerprint density at radius 3 is 1.85 bits per heavy atom. The first-order chi connectivity index (χ1) is 27.2. The van der Waals surface area contributed by atoms with E-state index in [1.165, 1.54) is 32.7 Å². The van der Waals surface area contributed by atoms with Crippen LogP contribution in [0.1, 0.15) is 0 Å². The standard InChI is InChI=1S/C51H32N2O2/c1-2-12-37-32-38(23-22-33(37)10-1)34-24-28-39(29-25-34)53(46-19-7-13-35-11-3-4-14-41(35)46)40-30-26-36(27-31-40)42-16-8-18-45-50(42)55-51(52-45)44-17-9-21-48-49(44)43-15-5-6-20-47(43)54-48/h1-32H. The highest BCUT2D eigenvalue weighted by molar-refractivity contribution is 6.12. The fourth-order valence-corrected chi connectivity index (χ4v) is 8.04. The SMILES string of the molecule is c1ccc2cc(-c3ccc(N(c4ccc(-c5cccc6nc(-c7cccc8oc9ccccc9c78)oc56)cc4)c4cccc5ccccc45)cc3)ccc2c1. The number of rotatable bonds is 6. The van der Waals surface area contributed by atoms with Gasteiger partial charge in [-0.25, -0.2) is 4.98 Å². The van der Waals surface area contributed by atoms with Crippen molar-refractivity contribution in [1.82, 2.24) is 4.98 Å². The largest absolute Gasteiger partial charge is 0.456 e. The van der Waals surface area contributed by atoms with Crippen LogP contribution in [0, 0.1) is 0 Å². The van der Waals surface area contributed by atoms with E-state index in [-0.39, 0.29) is 0 Å². The highest BCUT2D eigenvalue weighted by Gasteiger charge is 2.20. The van der Waals surface area contributed by atoms with Gasteiger partial charge in [-0.15, -0.1) is 0 Å². The van der Waals surface area contributed by atoms with Crippen LogP contribution in [0.3, 0.4) is 0 Å². The predicted molar refractivity (Wildman–Crippen MR) is 227 cm³/mol. The van der Waals surface area contributed by atoms with Crippen molar-refractivity contribution in [1.29, 1.82) is 0 Å². The van der Waals surface area contributed by atoms with Gasteiger partial charge in [-0.1, -0.05) is 133 Å². The lowest BCUT2D eigenvalue weighted by Crippen LogP contribution is -2.10. The topological polar surface area (TPSA) is 42.4 Å². The van der Waals surface area contributed by atoms with Crippen LogP contribution in [0.5, 0.6) is 0 Å². The van der Waals surface area contributed by atoms with Gasteiger partial charge in [0.1, 0.15) is 16.7 Å². The van der Waals surface area contributed by atoms with Crippen LogP contribution >= 0.6 is 0 Å². The summed E-state index contributed by atoms with van der Waals surface area (Å²) in [6.45, 7) is 0. The zero-order chi connectivity index (χ0) is 36.3. The summed E-state index contributed by atoms with van der Waals surface area (Å²) in [6, 6.07) is 68.2. The molecule has 0 radical (unpaired) electrons. The Balaban J connectivity index is 0.995. The van der Waals surface area contributed by atoms with Crippen molar-refractivity contribution in [2.24, 2.45) is 0 Å². The molecule has 0 unspecified atom stereocenters. The van der Waals surface area contributed by atoms with E-state index in [1.54, 1.807) is 0 Å². The van der Waals surface area contributed by atoms with Gasteiger partial charge in [0.2, 0.25) is 5.89 Å². The molecule has 0 saturated heterocycles. The highest BCUT2D eigenvalue weighted by atomic mass is 16.4. The average Bonchev–Trinajstić information content (AvgIpc) is 3.87. The fourth-order valence-electron chi connectivity index (χ4n) is 8.04. The van der Waals surface area contributed by atoms with Crippen molar-refractivity contribution < 1.29 is 8.83 Å². The van der Waals surface area contributed by atoms with Crippen LogP contribution in [0.25, 0.3) is 88.3 Å². The van der Waals surface area contributed by atoms with E-state index < -0.39 is 0 Å². The van der Waals surface area contributed by atoms with E-state index in [0.717, 1.165) is 66.8 Å². The van der Waals surface area contributed by atoms with Crippen molar-refractivity contribution in [3.05, 3.63) is 194 Å². The number of benzene rings is 9. The number of hydrogen-bond acceptors (Lipinski definition) is 4. The summed E-state index contributed by atoms with van der Waals surface area (Å²) < 4.78 is 12.8. The quantitative estimate of drug-likeness (QED) is 0.173. The average molecular weight is 705 g/mol. The zero-order valence-electron chi connectivity index (χ0n) is 29.7. The Kier molecular flexibility index (Phi) is 7.14. The first-order valence-electron chi connectivity index (χ1n) is 18.5. The van der Waals surface area contributed by atoms with Crippen LogP contribution in [0.4, 0.5) is 17.1 Å². The molecule has 55 heavy (non-hydrogen) atoms. The van der Waals surface area contributed by atoms with Gasteiger partial charge in [0.25, 0.3) is 0 Å². The zero-order valence-corrected chi connectivity index (χ0v) is 29.7. The highest BCUT2D eigenvalue weighted by Crippen LogP contribution is 2.42. The van der Waals surface area contributed by atoms with Crippen LogP contribution < -0.4 is 4.90 Å². The van der Waals surface area contributed by atoms with E-state index in [0.29, 0.717) is 5.89 Å². The van der Waals surface area contributed by atoms with Gasteiger partial charge in [-0.3, -0.25) is 0 Å². The molecule has 0 aliphatic carbocycles. The molecule has 0 N–H and O–H groups in total. The Bertz CT molecular complexity index is 3200. The number of hydrogen-bond donors (Lipinski definition) is 0. The number of anilines is 3. The van der Waals surface area contributed by atoms with Crippen LogP contribution in [0.2, 0.25) is 0 Å². The molecule has 0 aliphatic heterocycles. The van der Waals surface area contributed by atoms with Gasteiger partial charge in [-0.05, 0) is 93.5 Å². The van der Waals surface area contributed by atoms with Gasteiger partial charge in [0.15, 0.2) is 5.58 Å².